The second-order valence-corrected chi connectivity index (χ2v) is 6.84. The van der Waals surface area contributed by atoms with Gasteiger partial charge in [0.2, 0.25) is 0 Å². The summed E-state index contributed by atoms with van der Waals surface area (Å²) in [7, 11) is 0. The zero-order valence-corrected chi connectivity index (χ0v) is 19.7. The van der Waals surface area contributed by atoms with Gasteiger partial charge in [-0.25, -0.2) is 4.99 Å². The monoisotopic (exact) mass is 551 g/mol. The van der Waals surface area contributed by atoms with Crippen LogP contribution in [0.2, 0.25) is 0 Å². The van der Waals surface area contributed by atoms with Crippen molar-refractivity contribution in [3.8, 4) is 0 Å². The lowest BCUT2D eigenvalue weighted by Crippen LogP contribution is -2.41. The third-order valence-corrected chi connectivity index (χ3v) is 4.14. The second kappa shape index (κ2) is 14.3. The molecule has 1 unspecified atom stereocenters. The molecule has 5 nitrogen and oxygen atoms in total. The van der Waals surface area contributed by atoms with Crippen LogP contribution in [0.3, 0.4) is 0 Å². The highest BCUT2D eigenvalue weighted by Gasteiger charge is 2.27. The maximum absolute atomic E-state index is 12.1. The molecule has 0 saturated heterocycles. The van der Waals surface area contributed by atoms with Crippen LogP contribution in [0.15, 0.2) is 59.6 Å². The Hall–Kier alpha value is -1.85. The molecule has 2 rings (SSSR count). The van der Waals surface area contributed by atoms with E-state index < -0.39 is 18.9 Å². The molecule has 2 aromatic rings. The lowest BCUT2D eigenvalue weighted by atomic mass is 10.1. The number of ether oxygens (including phenoxy) is 1. The number of aliphatic imine (C=N–C) groups is 1. The number of halogens is 4. The molecule has 0 spiro atoms. The van der Waals surface area contributed by atoms with Crippen LogP contribution in [0, 0.1) is 0 Å². The Morgan fingerprint density at radius 2 is 1.65 bits per heavy atom. The summed E-state index contributed by atoms with van der Waals surface area (Å²) in [5.41, 5.74) is 2.64. The summed E-state index contributed by atoms with van der Waals surface area (Å²) in [4.78, 5) is 4.49. The SMILES string of the molecule is CCNC(=NCc1ccc(COCC(F)(F)F)cc1)NCC(O)Cc1ccccc1.I. The van der Waals surface area contributed by atoms with E-state index in [1.54, 1.807) is 12.1 Å². The number of aliphatic hydroxyl groups is 1. The maximum atomic E-state index is 12.1. The summed E-state index contributed by atoms with van der Waals surface area (Å²) >= 11 is 0. The molecule has 9 heteroatoms. The summed E-state index contributed by atoms with van der Waals surface area (Å²) in [5.74, 6) is 0.585. The van der Waals surface area contributed by atoms with Gasteiger partial charge in [-0.2, -0.15) is 13.2 Å². The van der Waals surface area contributed by atoms with E-state index in [1.165, 1.54) is 0 Å². The molecule has 0 bridgehead atoms. The fraction of sp³-hybridized carbons (Fsp3) is 0.409. The molecule has 0 radical (unpaired) electrons. The molecular weight excluding hydrogens is 522 g/mol. The van der Waals surface area contributed by atoms with Gasteiger partial charge in [-0.1, -0.05) is 54.6 Å². The van der Waals surface area contributed by atoms with Gasteiger partial charge in [0.1, 0.15) is 6.61 Å². The summed E-state index contributed by atoms with van der Waals surface area (Å²) < 4.78 is 41.0. The lowest BCUT2D eigenvalue weighted by molar-refractivity contribution is -0.176. The van der Waals surface area contributed by atoms with Gasteiger partial charge < -0.3 is 20.5 Å². The Morgan fingerprint density at radius 3 is 2.26 bits per heavy atom. The van der Waals surface area contributed by atoms with Gasteiger partial charge >= 0.3 is 6.18 Å². The Bertz CT molecular complexity index is 772. The van der Waals surface area contributed by atoms with Crippen LogP contribution >= 0.6 is 24.0 Å². The zero-order valence-electron chi connectivity index (χ0n) is 17.4. The van der Waals surface area contributed by atoms with Crippen molar-refractivity contribution in [3.63, 3.8) is 0 Å². The second-order valence-electron chi connectivity index (χ2n) is 6.84. The largest absolute Gasteiger partial charge is 0.411 e. The van der Waals surface area contributed by atoms with Gasteiger partial charge in [0.15, 0.2) is 5.96 Å². The number of alkyl halides is 3. The van der Waals surface area contributed by atoms with Crippen molar-refractivity contribution in [3.05, 3.63) is 71.3 Å². The minimum Gasteiger partial charge on any atom is -0.391 e. The van der Waals surface area contributed by atoms with Gasteiger partial charge in [0, 0.05) is 19.5 Å². The first-order chi connectivity index (χ1) is 14.4. The van der Waals surface area contributed by atoms with E-state index in [1.807, 2.05) is 49.4 Å². The Balaban J connectivity index is 0.00000480. The Labute approximate surface area is 198 Å². The summed E-state index contributed by atoms with van der Waals surface area (Å²) in [6, 6.07) is 16.8. The normalized spacial score (nSPS) is 12.7. The third kappa shape index (κ3) is 11.9. The average molecular weight is 551 g/mol. The molecule has 2 aromatic carbocycles. The van der Waals surface area contributed by atoms with Crippen LogP contribution in [0.1, 0.15) is 23.6 Å². The topological polar surface area (TPSA) is 65.9 Å². The van der Waals surface area contributed by atoms with Crippen LogP contribution in [-0.4, -0.2) is 43.0 Å². The van der Waals surface area contributed by atoms with Crippen LogP contribution in [-0.2, 0) is 24.3 Å². The molecule has 0 fully saturated rings. The molecule has 172 valence electrons. The fourth-order valence-corrected chi connectivity index (χ4v) is 2.71. The van der Waals surface area contributed by atoms with Crippen molar-refractivity contribution in [2.75, 3.05) is 19.7 Å². The standard InChI is InChI=1S/C22H28F3N3O2.HI/c1-2-26-21(28-14-20(29)12-17-6-4-3-5-7-17)27-13-18-8-10-19(11-9-18)15-30-16-22(23,24)25;/h3-11,20,29H,2,12-16H2,1H3,(H2,26,27,28);1H. The van der Waals surface area contributed by atoms with E-state index in [0.717, 1.165) is 11.1 Å². The molecule has 3 N–H and O–H groups in total. The van der Waals surface area contributed by atoms with Gasteiger partial charge in [-0.3, -0.25) is 0 Å². The first kappa shape index (κ1) is 27.2. The molecule has 1 atom stereocenters. The van der Waals surface area contributed by atoms with Crippen molar-refractivity contribution < 1.29 is 23.0 Å². The highest BCUT2D eigenvalue weighted by Crippen LogP contribution is 2.16. The maximum Gasteiger partial charge on any atom is 0.411 e. The number of rotatable bonds is 10. The van der Waals surface area contributed by atoms with Gasteiger partial charge in [-0.05, 0) is 23.6 Å². The highest BCUT2D eigenvalue weighted by molar-refractivity contribution is 14.0. The zero-order chi connectivity index (χ0) is 21.8. The predicted octanol–water partition coefficient (Wildman–Crippen LogP) is 4.04. The van der Waals surface area contributed by atoms with E-state index in [2.05, 4.69) is 20.4 Å². The van der Waals surface area contributed by atoms with Gasteiger partial charge in [-0.15, -0.1) is 24.0 Å². The van der Waals surface area contributed by atoms with E-state index >= 15 is 0 Å². The predicted molar refractivity (Wildman–Crippen MR) is 127 cm³/mol. The number of guanidine groups is 1. The van der Waals surface area contributed by atoms with Crippen LogP contribution in [0.4, 0.5) is 13.2 Å². The molecule has 0 aliphatic carbocycles. The fourth-order valence-electron chi connectivity index (χ4n) is 2.71. The average Bonchev–Trinajstić information content (AvgIpc) is 2.71. The molecule has 0 saturated carbocycles. The molecule has 0 heterocycles. The first-order valence-corrected chi connectivity index (χ1v) is 9.82. The molecule has 31 heavy (non-hydrogen) atoms. The van der Waals surface area contributed by atoms with E-state index in [0.29, 0.717) is 37.6 Å². The van der Waals surface area contributed by atoms with Gasteiger partial charge in [0.05, 0.1) is 19.3 Å². The highest BCUT2D eigenvalue weighted by atomic mass is 127. The van der Waals surface area contributed by atoms with Crippen molar-refractivity contribution in [2.24, 2.45) is 4.99 Å². The summed E-state index contributed by atoms with van der Waals surface area (Å²) in [6.45, 7) is 2.03. The number of benzene rings is 2. The summed E-state index contributed by atoms with van der Waals surface area (Å²) in [5, 5.41) is 16.5. The van der Waals surface area contributed by atoms with Crippen molar-refractivity contribution >= 4 is 29.9 Å². The van der Waals surface area contributed by atoms with Crippen LogP contribution < -0.4 is 10.6 Å². The quantitative estimate of drug-likeness (QED) is 0.237. The smallest absolute Gasteiger partial charge is 0.391 e. The number of hydrogen-bond donors (Lipinski definition) is 3. The van der Waals surface area contributed by atoms with Crippen molar-refractivity contribution in [2.45, 2.75) is 38.8 Å². The molecule has 0 aliphatic heterocycles. The van der Waals surface area contributed by atoms with Crippen LogP contribution in [0.25, 0.3) is 0 Å². The van der Waals surface area contributed by atoms with Crippen LogP contribution in [0.5, 0.6) is 0 Å². The minimum atomic E-state index is -4.32. The molecule has 0 amide bonds. The Kier molecular flexibility index (Phi) is 12.5. The third-order valence-electron chi connectivity index (χ3n) is 4.14. The lowest BCUT2D eigenvalue weighted by Gasteiger charge is -2.15. The number of aliphatic hydroxyl groups excluding tert-OH is 1. The van der Waals surface area contributed by atoms with E-state index in [9.17, 15) is 18.3 Å². The first-order valence-electron chi connectivity index (χ1n) is 9.82. The summed E-state index contributed by atoms with van der Waals surface area (Å²) in [6.07, 6.45) is -4.32. The van der Waals surface area contributed by atoms with E-state index in [-0.39, 0.29) is 30.6 Å². The number of nitrogens with zero attached hydrogens (tertiary/aromatic N) is 1. The Morgan fingerprint density at radius 1 is 1.00 bits per heavy atom. The number of hydrogen-bond acceptors (Lipinski definition) is 3. The molecular formula is C22H29F3IN3O2. The van der Waals surface area contributed by atoms with Crippen molar-refractivity contribution in [1.29, 1.82) is 0 Å². The minimum absolute atomic E-state index is 0. The van der Waals surface area contributed by atoms with Crippen molar-refractivity contribution in [1.82, 2.24) is 10.6 Å². The van der Waals surface area contributed by atoms with E-state index in [4.69, 9.17) is 0 Å². The van der Waals surface area contributed by atoms with Gasteiger partial charge in [0.25, 0.3) is 0 Å². The molecule has 0 aliphatic rings. The number of nitrogens with one attached hydrogen (secondary N) is 2. The molecule has 0 aromatic heterocycles.